The van der Waals surface area contributed by atoms with Crippen LogP contribution in [0.2, 0.25) is 0 Å². The molecule has 0 aliphatic heterocycles. The first-order valence-electron chi connectivity index (χ1n) is 4.93. The maximum atomic E-state index is 8.79. The van der Waals surface area contributed by atoms with Crippen molar-refractivity contribution in [3.63, 3.8) is 0 Å². The van der Waals surface area contributed by atoms with Crippen molar-refractivity contribution in [1.29, 1.82) is 5.26 Å². The summed E-state index contributed by atoms with van der Waals surface area (Å²) < 4.78 is 1.74. The highest BCUT2D eigenvalue weighted by Gasteiger charge is 2.15. The molecule has 2 aromatic rings. The maximum absolute atomic E-state index is 8.79. The van der Waals surface area contributed by atoms with Crippen LogP contribution in [0.15, 0.2) is 18.5 Å². The molecule has 0 amide bonds. The lowest BCUT2D eigenvalue weighted by Gasteiger charge is -2.00. The van der Waals surface area contributed by atoms with Crippen LogP contribution < -0.4 is 0 Å². The van der Waals surface area contributed by atoms with Gasteiger partial charge in [-0.2, -0.15) is 10.4 Å². The smallest absolute Gasteiger partial charge is 0.159 e. The van der Waals surface area contributed by atoms with E-state index < -0.39 is 0 Å². The van der Waals surface area contributed by atoms with Gasteiger partial charge in [-0.25, -0.2) is 9.50 Å². The molecule has 2 rings (SSSR count). The summed E-state index contributed by atoms with van der Waals surface area (Å²) in [5.41, 5.74) is 2.71. The van der Waals surface area contributed by atoms with E-state index in [1.165, 1.54) is 0 Å². The molecule has 2 heterocycles. The Morgan fingerprint density at radius 2 is 2.33 bits per heavy atom. The van der Waals surface area contributed by atoms with Crippen LogP contribution in [0.1, 0.15) is 31.0 Å². The standard InChI is InChI=1S/C11H12N4/c1-8(2)10-9(4-5-12)11-13-6-3-7-15(11)14-10/h3,6-8H,4H2,1-2H3. The van der Waals surface area contributed by atoms with E-state index in [1.54, 1.807) is 10.7 Å². The Morgan fingerprint density at radius 3 is 3.00 bits per heavy atom. The molecule has 0 bridgehead atoms. The fourth-order valence-electron chi connectivity index (χ4n) is 1.66. The molecule has 0 fully saturated rings. The zero-order valence-electron chi connectivity index (χ0n) is 8.81. The minimum atomic E-state index is 0.315. The quantitative estimate of drug-likeness (QED) is 0.744. The third-order valence-corrected chi connectivity index (χ3v) is 2.32. The molecule has 2 aromatic heterocycles. The molecule has 0 radical (unpaired) electrons. The van der Waals surface area contributed by atoms with Crippen LogP contribution in [0.4, 0.5) is 0 Å². The Hall–Kier alpha value is -1.89. The lowest BCUT2D eigenvalue weighted by Crippen LogP contribution is -1.93. The van der Waals surface area contributed by atoms with Crippen LogP contribution >= 0.6 is 0 Å². The third-order valence-electron chi connectivity index (χ3n) is 2.32. The zero-order chi connectivity index (χ0) is 10.8. The molecule has 15 heavy (non-hydrogen) atoms. The van der Waals surface area contributed by atoms with E-state index in [-0.39, 0.29) is 0 Å². The minimum Gasteiger partial charge on any atom is -0.237 e. The highest BCUT2D eigenvalue weighted by Crippen LogP contribution is 2.21. The SMILES string of the molecule is CC(C)c1nn2cccnc2c1CC#N. The van der Waals surface area contributed by atoms with E-state index in [0.29, 0.717) is 12.3 Å². The number of hydrogen-bond acceptors (Lipinski definition) is 3. The van der Waals surface area contributed by atoms with E-state index >= 15 is 0 Å². The molecule has 0 atom stereocenters. The first-order chi connectivity index (χ1) is 7.24. The fraction of sp³-hybridized carbons (Fsp3) is 0.364. The van der Waals surface area contributed by atoms with Crippen molar-refractivity contribution < 1.29 is 0 Å². The summed E-state index contributed by atoms with van der Waals surface area (Å²) in [5.74, 6) is 0.315. The van der Waals surface area contributed by atoms with Crippen LogP contribution in [-0.4, -0.2) is 14.6 Å². The van der Waals surface area contributed by atoms with E-state index in [0.717, 1.165) is 16.9 Å². The van der Waals surface area contributed by atoms with Crippen molar-refractivity contribution in [2.45, 2.75) is 26.2 Å². The molecule has 76 valence electrons. The second kappa shape index (κ2) is 3.70. The van der Waals surface area contributed by atoms with E-state index in [4.69, 9.17) is 5.26 Å². The predicted molar refractivity (Wildman–Crippen MR) is 56.4 cm³/mol. The van der Waals surface area contributed by atoms with Gasteiger partial charge in [-0.1, -0.05) is 13.8 Å². The lowest BCUT2D eigenvalue weighted by molar-refractivity contribution is 0.780. The largest absolute Gasteiger partial charge is 0.237 e. The molecule has 0 N–H and O–H groups in total. The molecule has 4 nitrogen and oxygen atoms in total. The first-order valence-corrected chi connectivity index (χ1v) is 4.93. The minimum absolute atomic E-state index is 0.315. The van der Waals surface area contributed by atoms with Crippen molar-refractivity contribution in [2.24, 2.45) is 0 Å². The van der Waals surface area contributed by atoms with Gasteiger partial charge in [0.2, 0.25) is 0 Å². The average molecular weight is 200 g/mol. The number of fused-ring (bicyclic) bond motifs is 1. The third kappa shape index (κ3) is 1.57. The summed E-state index contributed by atoms with van der Waals surface area (Å²) in [4.78, 5) is 4.25. The second-order valence-corrected chi connectivity index (χ2v) is 3.74. The van der Waals surface area contributed by atoms with Crippen LogP contribution in [0.25, 0.3) is 5.65 Å². The zero-order valence-corrected chi connectivity index (χ0v) is 8.81. The highest BCUT2D eigenvalue weighted by molar-refractivity contribution is 5.51. The van der Waals surface area contributed by atoms with Crippen LogP contribution in [0.3, 0.4) is 0 Å². The molecule has 0 aromatic carbocycles. The Kier molecular flexibility index (Phi) is 2.38. The average Bonchev–Trinajstić information content (AvgIpc) is 2.58. The topological polar surface area (TPSA) is 54.0 Å². The van der Waals surface area contributed by atoms with Crippen LogP contribution in [0, 0.1) is 11.3 Å². The number of aromatic nitrogens is 3. The Labute approximate surface area is 88.2 Å². The summed E-state index contributed by atoms with van der Waals surface area (Å²) in [6, 6.07) is 4.00. The monoisotopic (exact) mass is 200 g/mol. The van der Waals surface area contributed by atoms with Gasteiger partial charge in [0.1, 0.15) is 0 Å². The van der Waals surface area contributed by atoms with Crippen LogP contribution in [0.5, 0.6) is 0 Å². The van der Waals surface area contributed by atoms with Gasteiger partial charge >= 0.3 is 0 Å². The van der Waals surface area contributed by atoms with Crippen LogP contribution in [-0.2, 0) is 6.42 Å². The molecule has 0 aliphatic rings. The van der Waals surface area contributed by atoms with Gasteiger partial charge in [-0.15, -0.1) is 0 Å². The molecular weight excluding hydrogens is 188 g/mol. The normalized spacial score (nSPS) is 10.8. The first kappa shape index (κ1) is 9.66. The van der Waals surface area contributed by atoms with Crippen molar-refractivity contribution >= 4 is 5.65 Å². The van der Waals surface area contributed by atoms with Gasteiger partial charge in [0.25, 0.3) is 0 Å². The van der Waals surface area contributed by atoms with Gasteiger partial charge in [0.15, 0.2) is 5.65 Å². The van der Waals surface area contributed by atoms with Gasteiger partial charge in [0.05, 0.1) is 18.2 Å². The lowest BCUT2D eigenvalue weighted by atomic mass is 10.0. The molecule has 0 unspecified atom stereocenters. The molecule has 0 saturated carbocycles. The van der Waals surface area contributed by atoms with Gasteiger partial charge < -0.3 is 0 Å². The van der Waals surface area contributed by atoms with Gasteiger partial charge in [-0.3, -0.25) is 0 Å². The van der Waals surface area contributed by atoms with Crippen molar-refractivity contribution in [1.82, 2.24) is 14.6 Å². The predicted octanol–water partition coefficient (Wildman–Crippen LogP) is 1.92. The summed E-state index contributed by atoms with van der Waals surface area (Å²) in [7, 11) is 0. The molecule has 0 spiro atoms. The Bertz CT molecular complexity index is 519. The summed E-state index contributed by atoms with van der Waals surface area (Å²) in [6.07, 6.45) is 3.95. The number of rotatable bonds is 2. The molecular formula is C11H12N4. The fourth-order valence-corrected chi connectivity index (χ4v) is 1.66. The van der Waals surface area contributed by atoms with Crippen molar-refractivity contribution in [3.8, 4) is 6.07 Å². The molecule has 0 saturated heterocycles. The van der Waals surface area contributed by atoms with Gasteiger partial charge in [-0.05, 0) is 12.0 Å². The molecule has 4 heteroatoms. The summed E-state index contributed by atoms with van der Waals surface area (Å²) >= 11 is 0. The maximum Gasteiger partial charge on any atom is 0.159 e. The molecule has 0 aliphatic carbocycles. The summed E-state index contributed by atoms with van der Waals surface area (Å²) in [6.45, 7) is 4.14. The van der Waals surface area contributed by atoms with E-state index in [2.05, 4.69) is 30.0 Å². The Balaban J connectivity index is 2.70. The Morgan fingerprint density at radius 1 is 1.53 bits per heavy atom. The van der Waals surface area contributed by atoms with Crippen molar-refractivity contribution in [3.05, 3.63) is 29.7 Å². The van der Waals surface area contributed by atoms with Gasteiger partial charge in [0, 0.05) is 18.0 Å². The highest BCUT2D eigenvalue weighted by atomic mass is 15.2. The van der Waals surface area contributed by atoms with E-state index in [9.17, 15) is 0 Å². The number of nitrogens with zero attached hydrogens (tertiary/aromatic N) is 4. The number of hydrogen-bond donors (Lipinski definition) is 0. The second-order valence-electron chi connectivity index (χ2n) is 3.74. The number of nitriles is 1. The summed E-state index contributed by atoms with van der Waals surface area (Å²) in [5, 5.41) is 13.2. The van der Waals surface area contributed by atoms with E-state index in [1.807, 2.05) is 12.3 Å². The van der Waals surface area contributed by atoms with Crippen molar-refractivity contribution in [2.75, 3.05) is 0 Å².